The Morgan fingerprint density at radius 2 is 1.63 bits per heavy atom. The molecule has 0 aliphatic carbocycles. The summed E-state index contributed by atoms with van der Waals surface area (Å²) in [4.78, 5) is 25.6. The average Bonchev–Trinajstić information content (AvgIpc) is 3.37. The first-order valence-corrected chi connectivity index (χ1v) is 14.0. The number of pyridine rings is 1. The highest BCUT2D eigenvalue weighted by molar-refractivity contribution is 7.22. The van der Waals surface area contributed by atoms with E-state index in [-0.39, 0.29) is 5.95 Å². The fraction of sp³-hybridized carbons (Fsp3) is 0.357. The van der Waals surface area contributed by atoms with Crippen LogP contribution in [0.4, 0.5) is 28.3 Å². The number of rotatable bonds is 6. The van der Waals surface area contributed by atoms with E-state index in [9.17, 15) is 0 Å². The van der Waals surface area contributed by atoms with Crippen molar-refractivity contribution in [3.63, 3.8) is 0 Å². The summed E-state index contributed by atoms with van der Waals surface area (Å²) in [6.45, 7) is 11.7. The van der Waals surface area contributed by atoms with Crippen molar-refractivity contribution in [2.45, 2.75) is 26.2 Å². The lowest BCUT2D eigenvalue weighted by Gasteiger charge is -2.37. The largest absolute Gasteiger partial charge is 0.368 e. The van der Waals surface area contributed by atoms with E-state index in [2.05, 4.69) is 66.9 Å². The van der Waals surface area contributed by atoms with Crippen molar-refractivity contribution in [2.75, 3.05) is 65.0 Å². The molecule has 1 aromatic carbocycles. The number of anilines is 5. The molecule has 2 aliphatic rings. The second-order valence-corrected chi connectivity index (χ2v) is 11.0. The molecule has 0 amide bonds. The van der Waals surface area contributed by atoms with Gasteiger partial charge in [-0.05, 0) is 50.5 Å². The molecule has 2 fully saturated rings. The zero-order valence-electron chi connectivity index (χ0n) is 21.7. The molecule has 9 nitrogen and oxygen atoms in total. The molecule has 5 heterocycles. The molecule has 0 unspecified atom stereocenters. The van der Waals surface area contributed by atoms with Crippen molar-refractivity contribution >= 4 is 49.8 Å². The zero-order chi connectivity index (χ0) is 26.1. The van der Waals surface area contributed by atoms with E-state index in [1.807, 2.05) is 6.92 Å². The molecule has 6 rings (SSSR count). The van der Waals surface area contributed by atoms with Crippen molar-refractivity contribution in [1.82, 2.24) is 19.9 Å². The number of thiazole rings is 1. The van der Waals surface area contributed by atoms with Crippen molar-refractivity contribution < 1.29 is 0 Å². The van der Waals surface area contributed by atoms with Gasteiger partial charge in [0.15, 0.2) is 5.13 Å². The number of hydrogen-bond acceptors (Lipinski definition) is 10. The maximum Gasteiger partial charge on any atom is 0.219 e. The van der Waals surface area contributed by atoms with Gasteiger partial charge in [0.05, 0.1) is 15.9 Å². The molecular formula is C28H33N9S. The van der Waals surface area contributed by atoms with E-state index in [4.69, 9.17) is 15.7 Å². The molecular weight excluding hydrogens is 494 g/mol. The maximum atomic E-state index is 5.74. The van der Waals surface area contributed by atoms with E-state index >= 15 is 0 Å². The van der Waals surface area contributed by atoms with Crippen LogP contribution in [-0.4, -0.2) is 59.2 Å². The predicted molar refractivity (Wildman–Crippen MR) is 158 cm³/mol. The van der Waals surface area contributed by atoms with Gasteiger partial charge in [-0.3, -0.25) is 0 Å². The van der Waals surface area contributed by atoms with Gasteiger partial charge in [-0.15, -0.1) is 0 Å². The quantitative estimate of drug-likeness (QED) is 0.359. The molecule has 2 saturated heterocycles. The van der Waals surface area contributed by atoms with Crippen LogP contribution in [0.25, 0.3) is 21.5 Å². The highest BCUT2D eigenvalue weighted by Gasteiger charge is 2.23. The number of piperidine rings is 1. The molecule has 0 bridgehead atoms. The van der Waals surface area contributed by atoms with E-state index in [0.717, 1.165) is 78.4 Å². The Kier molecular flexibility index (Phi) is 6.71. The monoisotopic (exact) mass is 527 g/mol. The molecule has 0 saturated carbocycles. The molecule has 3 N–H and O–H groups in total. The van der Waals surface area contributed by atoms with E-state index in [1.54, 1.807) is 23.7 Å². The number of hydrogen-bond donors (Lipinski definition) is 2. The number of nitrogens with two attached hydrogens (primary N) is 1. The number of fused-ring (bicyclic) bond motifs is 1. The molecule has 0 atom stereocenters. The maximum absolute atomic E-state index is 5.74. The van der Waals surface area contributed by atoms with Crippen LogP contribution in [0.2, 0.25) is 0 Å². The molecule has 2 aliphatic heterocycles. The summed E-state index contributed by atoms with van der Waals surface area (Å²) < 4.78 is 1.20. The van der Waals surface area contributed by atoms with Gasteiger partial charge >= 0.3 is 0 Å². The predicted octanol–water partition coefficient (Wildman–Crippen LogP) is 4.99. The van der Waals surface area contributed by atoms with Gasteiger partial charge in [0.1, 0.15) is 5.82 Å². The summed E-state index contributed by atoms with van der Waals surface area (Å²) in [5.74, 6) is 1.30. The van der Waals surface area contributed by atoms with Crippen LogP contribution in [0.15, 0.2) is 55.0 Å². The first kappa shape index (κ1) is 24.4. The standard InChI is InChI=1S/C28H33N9S/c1-19(2)32-21-6-7-25-24(14-21)34-28(38-25)37-12-10-35(11-13-37)22-15-23(20-17-30-27(29)31-18-20)33-26(16-22)36-8-4-3-5-9-36/h6-7,14-18,32H,1,3-5,8-13H2,2H3,(H2,29,30,31). The van der Waals surface area contributed by atoms with Crippen LogP contribution in [0.5, 0.6) is 0 Å². The normalized spacial score (nSPS) is 16.2. The summed E-state index contributed by atoms with van der Waals surface area (Å²) in [7, 11) is 0. The lowest BCUT2D eigenvalue weighted by atomic mass is 10.1. The molecule has 0 spiro atoms. The second kappa shape index (κ2) is 10.4. The SMILES string of the molecule is C=C(C)Nc1ccc2sc(N3CCN(c4cc(-c5cnc(N)nc5)nc(N5CCCCC5)c4)CC3)nc2c1. The lowest BCUT2D eigenvalue weighted by molar-refractivity contribution is 0.573. The zero-order valence-corrected chi connectivity index (χ0v) is 22.5. The van der Waals surface area contributed by atoms with Gasteiger partial charge < -0.3 is 25.8 Å². The molecule has 3 aromatic heterocycles. The summed E-state index contributed by atoms with van der Waals surface area (Å²) >= 11 is 1.76. The minimum Gasteiger partial charge on any atom is -0.368 e. The number of aromatic nitrogens is 4. The van der Waals surface area contributed by atoms with E-state index < -0.39 is 0 Å². The Balaban J connectivity index is 1.22. The average molecular weight is 528 g/mol. The Morgan fingerprint density at radius 1 is 0.895 bits per heavy atom. The second-order valence-electron chi connectivity index (χ2n) is 10.0. The third-order valence-corrected chi connectivity index (χ3v) is 8.19. The first-order chi connectivity index (χ1) is 18.5. The van der Waals surface area contributed by atoms with Gasteiger partial charge in [0.2, 0.25) is 5.95 Å². The summed E-state index contributed by atoms with van der Waals surface area (Å²) in [6, 6.07) is 10.7. The number of nitrogens with zero attached hydrogens (tertiary/aromatic N) is 7. The Hall–Kier alpha value is -3.92. The van der Waals surface area contributed by atoms with E-state index in [1.165, 1.54) is 29.6 Å². The Morgan fingerprint density at radius 3 is 2.37 bits per heavy atom. The molecule has 196 valence electrons. The summed E-state index contributed by atoms with van der Waals surface area (Å²) in [5.41, 5.74) is 11.7. The van der Waals surface area contributed by atoms with Crippen molar-refractivity contribution in [3.05, 3.63) is 55.0 Å². The molecule has 0 radical (unpaired) electrons. The highest BCUT2D eigenvalue weighted by Crippen LogP contribution is 2.33. The molecule has 4 aromatic rings. The minimum atomic E-state index is 0.274. The Bertz CT molecular complexity index is 1430. The van der Waals surface area contributed by atoms with Crippen LogP contribution in [0.1, 0.15) is 26.2 Å². The Labute approximate surface area is 227 Å². The van der Waals surface area contributed by atoms with Crippen molar-refractivity contribution in [2.24, 2.45) is 0 Å². The number of allylic oxidation sites excluding steroid dienone is 1. The lowest BCUT2D eigenvalue weighted by Crippen LogP contribution is -2.46. The fourth-order valence-electron chi connectivity index (χ4n) is 5.12. The third kappa shape index (κ3) is 5.22. The van der Waals surface area contributed by atoms with Crippen LogP contribution in [0.3, 0.4) is 0 Å². The van der Waals surface area contributed by atoms with E-state index in [0.29, 0.717) is 0 Å². The van der Waals surface area contributed by atoms with Gasteiger partial charge in [0, 0.05) is 80.4 Å². The van der Waals surface area contributed by atoms with Crippen LogP contribution in [0, 0.1) is 0 Å². The fourth-order valence-corrected chi connectivity index (χ4v) is 6.12. The van der Waals surface area contributed by atoms with Gasteiger partial charge in [0.25, 0.3) is 0 Å². The number of nitrogen functional groups attached to an aromatic ring is 1. The minimum absolute atomic E-state index is 0.274. The van der Waals surface area contributed by atoms with Crippen molar-refractivity contribution in [1.29, 1.82) is 0 Å². The number of nitrogens with one attached hydrogen (secondary N) is 1. The van der Waals surface area contributed by atoms with Gasteiger partial charge in [-0.2, -0.15) is 0 Å². The number of piperazine rings is 1. The van der Waals surface area contributed by atoms with Crippen molar-refractivity contribution in [3.8, 4) is 11.3 Å². The molecule has 10 heteroatoms. The number of benzene rings is 1. The smallest absolute Gasteiger partial charge is 0.219 e. The molecule has 38 heavy (non-hydrogen) atoms. The summed E-state index contributed by atoms with van der Waals surface area (Å²) in [6.07, 6.45) is 7.22. The topological polar surface area (TPSA) is 99.3 Å². The van der Waals surface area contributed by atoms with Gasteiger partial charge in [-0.25, -0.2) is 19.9 Å². The van der Waals surface area contributed by atoms with Gasteiger partial charge in [-0.1, -0.05) is 17.9 Å². The van der Waals surface area contributed by atoms with Crippen LogP contribution < -0.4 is 25.8 Å². The van der Waals surface area contributed by atoms with Crippen LogP contribution >= 0.6 is 11.3 Å². The first-order valence-electron chi connectivity index (χ1n) is 13.2. The summed E-state index contributed by atoms with van der Waals surface area (Å²) in [5, 5.41) is 4.36. The third-order valence-electron chi connectivity index (χ3n) is 7.09. The van der Waals surface area contributed by atoms with Crippen LogP contribution in [-0.2, 0) is 0 Å². The highest BCUT2D eigenvalue weighted by atomic mass is 32.1.